The van der Waals surface area contributed by atoms with Gasteiger partial charge in [0.05, 0.1) is 5.75 Å². The molecular formula is C11H15NO3S. The van der Waals surface area contributed by atoms with Crippen molar-refractivity contribution in [3.8, 4) is 0 Å². The van der Waals surface area contributed by atoms with E-state index in [2.05, 4.69) is 5.32 Å². The molecule has 0 aliphatic rings. The summed E-state index contributed by atoms with van der Waals surface area (Å²) in [5, 5.41) is 1.32. The number of benzene rings is 1. The highest BCUT2D eigenvalue weighted by atomic mass is 32.2. The smallest absolute Gasteiger partial charge is 0.237 e. The van der Waals surface area contributed by atoms with Gasteiger partial charge >= 0.3 is 0 Å². The summed E-state index contributed by atoms with van der Waals surface area (Å²) in [6.45, 7) is 1.40. The fourth-order valence-electron chi connectivity index (χ4n) is 1.30. The molecule has 0 bridgehead atoms. The Balaban J connectivity index is 2.84. The van der Waals surface area contributed by atoms with Crippen molar-refractivity contribution in [3.05, 3.63) is 35.9 Å². The minimum Gasteiger partial charge on any atom is -0.358 e. The van der Waals surface area contributed by atoms with Gasteiger partial charge in [0.2, 0.25) is 5.91 Å². The standard InChI is InChI=1S/C11H15NO3S/c1-9(11(13)12-2)16(14,15)8-10-6-4-3-5-7-10/h3-7,9H,8H2,1-2H3,(H,12,13). The third-order valence-electron chi connectivity index (χ3n) is 2.36. The molecule has 0 aromatic heterocycles. The Bertz CT molecular complexity index is 453. The second kappa shape index (κ2) is 5.12. The lowest BCUT2D eigenvalue weighted by Crippen LogP contribution is -2.36. The fourth-order valence-corrected chi connectivity index (χ4v) is 2.65. The number of carbonyl (C=O) groups excluding carboxylic acids is 1. The summed E-state index contributed by atoms with van der Waals surface area (Å²) in [4.78, 5) is 11.3. The molecule has 1 atom stereocenters. The quantitative estimate of drug-likeness (QED) is 0.845. The van der Waals surface area contributed by atoms with Crippen LogP contribution in [0, 0.1) is 0 Å². The summed E-state index contributed by atoms with van der Waals surface area (Å²) in [5.41, 5.74) is 0.693. The first kappa shape index (κ1) is 12.7. The van der Waals surface area contributed by atoms with E-state index in [1.807, 2.05) is 6.07 Å². The zero-order chi connectivity index (χ0) is 12.2. The molecule has 0 heterocycles. The van der Waals surface area contributed by atoms with Gasteiger partial charge in [-0.1, -0.05) is 30.3 Å². The summed E-state index contributed by atoms with van der Waals surface area (Å²) < 4.78 is 23.7. The third kappa shape index (κ3) is 3.06. The predicted molar refractivity (Wildman–Crippen MR) is 62.6 cm³/mol. The predicted octanol–water partition coefficient (Wildman–Crippen LogP) is 0.736. The highest BCUT2D eigenvalue weighted by molar-refractivity contribution is 7.92. The SMILES string of the molecule is CNC(=O)C(C)S(=O)(=O)Cc1ccccc1. The Labute approximate surface area is 95.6 Å². The largest absolute Gasteiger partial charge is 0.358 e. The minimum absolute atomic E-state index is 0.109. The summed E-state index contributed by atoms with van der Waals surface area (Å²) in [6.07, 6.45) is 0. The first-order valence-corrected chi connectivity index (χ1v) is 6.66. The van der Waals surface area contributed by atoms with Gasteiger partial charge in [-0.2, -0.15) is 0 Å². The van der Waals surface area contributed by atoms with Crippen LogP contribution >= 0.6 is 0 Å². The van der Waals surface area contributed by atoms with E-state index in [1.54, 1.807) is 24.3 Å². The summed E-state index contributed by atoms with van der Waals surface area (Å²) >= 11 is 0. The van der Waals surface area contributed by atoms with Crippen LogP contribution in [0.25, 0.3) is 0 Å². The van der Waals surface area contributed by atoms with Gasteiger partial charge in [0.1, 0.15) is 5.25 Å². The molecule has 0 spiro atoms. The molecule has 0 aliphatic carbocycles. The fraction of sp³-hybridized carbons (Fsp3) is 0.364. The van der Waals surface area contributed by atoms with E-state index in [4.69, 9.17) is 0 Å². The maximum atomic E-state index is 11.8. The van der Waals surface area contributed by atoms with E-state index in [0.717, 1.165) is 0 Å². The number of rotatable bonds is 4. The van der Waals surface area contributed by atoms with Gasteiger partial charge in [0.15, 0.2) is 9.84 Å². The van der Waals surface area contributed by atoms with Crippen molar-refractivity contribution < 1.29 is 13.2 Å². The summed E-state index contributed by atoms with van der Waals surface area (Å²) in [6, 6.07) is 8.82. The van der Waals surface area contributed by atoms with Crippen LogP contribution < -0.4 is 5.32 Å². The molecule has 16 heavy (non-hydrogen) atoms. The van der Waals surface area contributed by atoms with Gasteiger partial charge in [-0.25, -0.2) is 8.42 Å². The number of hydrogen-bond donors (Lipinski definition) is 1. The van der Waals surface area contributed by atoms with E-state index < -0.39 is 21.0 Å². The van der Waals surface area contributed by atoms with E-state index in [9.17, 15) is 13.2 Å². The Morgan fingerprint density at radius 1 is 1.31 bits per heavy atom. The molecule has 1 N–H and O–H groups in total. The molecule has 1 aromatic carbocycles. The van der Waals surface area contributed by atoms with Crippen molar-refractivity contribution >= 4 is 15.7 Å². The molecule has 1 aromatic rings. The van der Waals surface area contributed by atoms with Crippen LogP contribution in [-0.2, 0) is 20.4 Å². The van der Waals surface area contributed by atoms with Gasteiger partial charge in [-0.05, 0) is 12.5 Å². The monoisotopic (exact) mass is 241 g/mol. The van der Waals surface area contributed by atoms with Gasteiger partial charge in [-0.15, -0.1) is 0 Å². The van der Waals surface area contributed by atoms with Crippen molar-refractivity contribution in [1.29, 1.82) is 0 Å². The van der Waals surface area contributed by atoms with Gasteiger partial charge in [0.25, 0.3) is 0 Å². The van der Waals surface area contributed by atoms with Crippen molar-refractivity contribution in [2.45, 2.75) is 17.9 Å². The molecule has 0 fully saturated rings. The lowest BCUT2D eigenvalue weighted by molar-refractivity contribution is -0.119. The molecule has 0 saturated heterocycles. The average molecular weight is 241 g/mol. The molecule has 5 heteroatoms. The van der Waals surface area contributed by atoms with Crippen molar-refractivity contribution in [2.75, 3.05) is 7.05 Å². The van der Waals surface area contributed by atoms with E-state index in [0.29, 0.717) is 5.56 Å². The van der Waals surface area contributed by atoms with Crippen LogP contribution in [0.3, 0.4) is 0 Å². The Morgan fingerprint density at radius 2 is 1.88 bits per heavy atom. The number of nitrogens with one attached hydrogen (secondary N) is 1. The Morgan fingerprint density at radius 3 is 2.38 bits per heavy atom. The van der Waals surface area contributed by atoms with Crippen molar-refractivity contribution in [3.63, 3.8) is 0 Å². The highest BCUT2D eigenvalue weighted by Gasteiger charge is 2.27. The van der Waals surface area contributed by atoms with Crippen molar-refractivity contribution in [2.24, 2.45) is 0 Å². The molecule has 88 valence electrons. The molecule has 1 rings (SSSR count). The number of carbonyl (C=O) groups is 1. The Hall–Kier alpha value is -1.36. The first-order chi connectivity index (χ1) is 7.47. The summed E-state index contributed by atoms with van der Waals surface area (Å²) in [5.74, 6) is -0.585. The Kier molecular flexibility index (Phi) is 4.06. The maximum absolute atomic E-state index is 11.8. The average Bonchev–Trinajstić information content (AvgIpc) is 2.27. The minimum atomic E-state index is -3.44. The highest BCUT2D eigenvalue weighted by Crippen LogP contribution is 2.11. The summed E-state index contributed by atoms with van der Waals surface area (Å²) in [7, 11) is -2.01. The van der Waals surface area contributed by atoms with Gasteiger partial charge < -0.3 is 5.32 Å². The number of hydrogen-bond acceptors (Lipinski definition) is 3. The first-order valence-electron chi connectivity index (χ1n) is 4.94. The zero-order valence-corrected chi connectivity index (χ0v) is 10.1. The number of sulfone groups is 1. The normalized spacial score (nSPS) is 13.1. The molecule has 0 saturated carbocycles. The van der Waals surface area contributed by atoms with Gasteiger partial charge in [-0.3, -0.25) is 4.79 Å². The molecule has 1 unspecified atom stereocenters. The molecule has 0 radical (unpaired) electrons. The second-order valence-electron chi connectivity index (χ2n) is 3.55. The maximum Gasteiger partial charge on any atom is 0.237 e. The van der Waals surface area contributed by atoms with Crippen molar-refractivity contribution in [1.82, 2.24) is 5.32 Å². The lowest BCUT2D eigenvalue weighted by Gasteiger charge is -2.11. The van der Waals surface area contributed by atoms with E-state index in [1.165, 1.54) is 14.0 Å². The second-order valence-corrected chi connectivity index (χ2v) is 5.87. The number of amides is 1. The van der Waals surface area contributed by atoms with Crippen LogP contribution in [0.5, 0.6) is 0 Å². The van der Waals surface area contributed by atoms with Crippen LogP contribution in [-0.4, -0.2) is 26.6 Å². The molecule has 0 aliphatic heterocycles. The van der Waals surface area contributed by atoms with Crippen LogP contribution in [0.4, 0.5) is 0 Å². The zero-order valence-electron chi connectivity index (χ0n) is 9.30. The lowest BCUT2D eigenvalue weighted by atomic mass is 10.2. The van der Waals surface area contributed by atoms with E-state index >= 15 is 0 Å². The topological polar surface area (TPSA) is 63.2 Å². The van der Waals surface area contributed by atoms with Crippen LogP contribution in [0.15, 0.2) is 30.3 Å². The molecule has 4 nitrogen and oxygen atoms in total. The van der Waals surface area contributed by atoms with Crippen LogP contribution in [0.1, 0.15) is 12.5 Å². The third-order valence-corrected chi connectivity index (χ3v) is 4.39. The molecule has 1 amide bonds. The molecular weight excluding hydrogens is 226 g/mol. The van der Waals surface area contributed by atoms with Gasteiger partial charge in [0, 0.05) is 7.05 Å². The van der Waals surface area contributed by atoms with E-state index in [-0.39, 0.29) is 5.75 Å². The van der Waals surface area contributed by atoms with Crippen LogP contribution in [0.2, 0.25) is 0 Å².